The molecule has 35 heteroatoms. The third kappa shape index (κ3) is 50.6. The first kappa shape index (κ1) is 93.3. The zero-order valence-corrected chi connectivity index (χ0v) is 67.8. The number of ether oxygens (including phenoxy) is 8. The van der Waals surface area contributed by atoms with E-state index in [1.54, 1.807) is 28.9 Å². The van der Waals surface area contributed by atoms with Crippen molar-refractivity contribution in [2.75, 3.05) is 92.5 Å². The minimum Gasteiger partial charge on any atom is -1.00 e. The first-order valence-corrected chi connectivity index (χ1v) is 33.5. The molecular formula is C61H71I3K2N8O19S3. The summed E-state index contributed by atoms with van der Waals surface area (Å²) in [6.45, 7) is 8.58. The number of nitrogens with zero attached hydrogens (tertiary/aromatic N) is 6. The van der Waals surface area contributed by atoms with Crippen LogP contribution < -0.4 is 129 Å². The van der Waals surface area contributed by atoms with Crippen molar-refractivity contribution in [3.63, 3.8) is 0 Å². The third-order valence-electron chi connectivity index (χ3n) is 10.4. The van der Waals surface area contributed by atoms with Crippen molar-refractivity contribution in [2.45, 2.75) is 41.3 Å². The molecule has 27 nitrogen and oxygen atoms in total. The summed E-state index contributed by atoms with van der Waals surface area (Å²) in [6.07, 6.45) is 11.9. The second-order valence-corrected chi connectivity index (χ2v) is 24.2. The minimum atomic E-state index is -3.72. The molecule has 0 aliphatic heterocycles. The van der Waals surface area contributed by atoms with Gasteiger partial charge < -0.3 is 54.6 Å². The van der Waals surface area contributed by atoms with E-state index in [2.05, 4.69) is 129 Å². The topological polar surface area (TPSA) is 355 Å². The predicted octanol–water partition coefficient (Wildman–Crippen LogP) is 3.95. The molecule has 6 aromatic carbocycles. The van der Waals surface area contributed by atoms with E-state index >= 15 is 0 Å². The number of carbonyl (C=O) groups is 1. The van der Waals surface area contributed by atoms with Gasteiger partial charge in [0.25, 0.3) is 16.6 Å². The van der Waals surface area contributed by atoms with Crippen LogP contribution in [-0.2, 0) is 90.7 Å². The third-order valence-corrected chi connectivity index (χ3v) is 15.1. The van der Waals surface area contributed by atoms with Crippen molar-refractivity contribution in [1.29, 1.82) is 0 Å². The molecule has 0 fully saturated rings. The van der Waals surface area contributed by atoms with Crippen LogP contribution in [0.15, 0.2) is 172 Å². The van der Waals surface area contributed by atoms with Gasteiger partial charge in [0, 0.05) is 25.4 Å². The van der Waals surface area contributed by atoms with Crippen molar-refractivity contribution >= 4 is 108 Å². The van der Waals surface area contributed by atoms with Gasteiger partial charge in [0.1, 0.15) is 49.4 Å². The van der Waals surface area contributed by atoms with E-state index in [0.717, 1.165) is 71.3 Å². The number of carbonyl (C=O) groups excluding carboxylic acids is 1. The fraction of sp³-hybridized carbons (Fsp3) is 0.295. The molecule has 0 atom stereocenters. The van der Waals surface area contributed by atoms with Crippen LogP contribution in [0.5, 0.6) is 17.2 Å². The number of halogens is 3. The van der Waals surface area contributed by atoms with Crippen LogP contribution in [0.4, 0.5) is 0 Å². The second kappa shape index (κ2) is 63.3. The molecule has 0 saturated heterocycles. The second-order valence-electron chi connectivity index (χ2n) is 17.3. The van der Waals surface area contributed by atoms with Gasteiger partial charge in [0.15, 0.2) is 0 Å². The summed E-state index contributed by atoms with van der Waals surface area (Å²) < 4.78 is 85.5. The number of hydrogen-bond acceptors (Lipinski definition) is 26. The predicted molar refractivity (Wildman–Crippen MR) is 373 cm³/mol. The largest absolute Gasteiger partial charge is 1.00 e. The van der Waals surface area contributed by atoms with Gasteiger partial charge in [-0.25, -0.2) is 4.68 Å². The normalized spacial score (nSPS) is 10.0. The van der Waals surface area contributed by atoms with Gasteiger partial charge in [0.05, 0.1) is 121 Å². The Labute approximate surface area is 694 Å². The van der Waals surface area contributed by atoms with Crippen LogP contribution in [-0.4, -0.2) is 127 Å². The standard InChI is InChI=1S/C20H23IN4O5S.C14H18O5S.C13H15IO3.C7H8N4O2S.C6H5IO.CH2O3.2K.H/c21-17-3-5-19(6-4-17)28-12-11-26-9-10-27-15-18-14-25(24-23-18)13-16-1-7-20(8-2-16)31-30-29-22;1-3-8-17-9-10-18-11-12-19-20(15,16)14-6-4-13(2)5-7-14;1-2-7-15-8-9-16-10-11-17-13-5-3-12(14)4-6-13;8-11-10-5-6-1-3-7(4-2-6)14-13-12-9;7-5-1-3-6(8)4-2-5;2-1-4-3;;;/h1-8,14H,9-13,15,22H2;1,4-7H,8-12H2,2H3;1,3-6H,7-11H2;1-4H,5,9H2;1-4,8H;1,3H;;;/q;;;;;;2*+1;-1/p-1. The van der Waals surface area contributed by atoms with Crippen LogP contribution >= 0.6 is 91.9 Å². The monoisotopic (exact) mass is 1770 g/mol. The van der Waals surface area contributed by atoms with Gasteiger partial charge >= 0.3 is 103 Å². The van der Waals surface area contributed by atoms with Crippen LogP contribution in [0.1, 0.15) is 23.8 Å². The maximum atomic E-state index is 11.8. The van der Waals surface area contributed by atoms with Crippen LogP contribution in [0.2, 0.25) is 0 Å². The van der Waals surface area contributed by atoms with Crippen molar-refractivity contribution in [3.8, 4) is 41.9 Å². The summed E-state index contributed by atoms with van der Waals surface area (Å²) in [7, 11) is -3.72. The molecule has 0 bridgehead atoms. The van der Waals surface area contributed by atoms with E-state index in [-0.39, 0.29) is 135 Å². The number of hydrogen-bond donors (Lipinski definition) is 3. The van der Waals surface area contributed by atoms with Crippen molar-refractivity contribution in [3.05, 3.63) is 195 Å². The van der Waals surface area contributed by atoms with E-state index < -0.39 is 10.1 Å². The molecule has 510 valence electrons. The molecule has 0 aliphatic carbocycles. The summed E-state index contributed by atoms with van der Waals surface area (Å²) in [5.74, 6) is 16.2. The zero-order valence-electron chi connectivity index (χ0n) is 53.7. The Morgan fingerprint density at radius 2 is 1.05 bits per heavy atom. The number of benzene rings is 6. The number of phenolic OH excluding ortho intramolecular Hbond substituents is 1. The van der Waals surface area contributed by atoms with Crippen molar-refractivity contribution in [2.24, 2.45) is 16.9 Å². The molecule has 5 N–H and O–H groups in total. The first-order valence-electron chi connectivity index (χ1n) is 27.4. The summed E-state index contributed by atoms with van der Waals surface area (Å²) in [5, 5.41) is 28.9. The number of nitrogens with two attached hydrogens (primary N) is 2. The fourth-order valence-electron chi connectivity index (χ4n) is 6.21. The smallest absolute Gasteiger partial charge is 1.00 e. The summed E-state index contributed by atoms with van der Waals surface area (Å²) in [6, 6.07) is 44.3. The molecule has 0 aliphatic rings. The number of terminal acetylenes is 2. The van der Waals surface area contributed by atoms with Gasteiger partial charge in [0.2, 0.25) is 0 Å². The van der Waals surface area contributed by atoms with E-state index in [4.69, 9.17) is 81.5 Å². The molecule has 0 amide bonds. The summed E-state index contributed by atoms with van der Waals surface area (Å²) in [4.78, 5) is 23.8. The number of phenols is 1. The Morgan fingerprint density at radius 3 is 1.48 bits per heavy atom. The number of azide groups is 1. The maximum Gasteiger partial charge on any atom is 1.00 e. The Kier molecular flexibility index (Phi) is 61.5. The Hall–Kier alpha value is -2.69. The quantitative estimate of drug-likeness (QED) is 0.00403. The molecule has 1 heterocycles. The first-order chi connectivity index (χ1) is 45.7. The van der Waals surface area contributed by atoms with Gasteiger partial charge in [-0.15, -0.1) is 36.6 Å². The van der Waals surface area contributed by atoms with Crippen LogP contribution in [0, 0.1) is 42.3 Å². The van der Waals surface area contributed by atoms with E-state index in [1.807, 2.05) is 122 Å². The number of aryl methyl sites for hydroxylation is 1. The van der Waals surface area contributed by atoms with Gasteiger partial charge in [-0.05, 0) is 201 Å². The van der Waals surface area contributed by atoms with E-state index in [9.17, 15) is 8.42 Å². The van der Waals surface area contributed by atoms with Crippen molar-refractivity contribution in [1.82, 2.24) is 15.0 Å². The summed E-state index contributed by atoms with van der Waals surface area (Å²) in [5.41, 5.74) is 11.9. The van der Waals surface area contributed by atoms with Crippen molar-refractivity contribution < 1.29 is 193 Å². The molecular weight excluding hydrogens is 1700 g/mol. The Balaban J connectivity index is 0. The number of rotatable bonds is 37. The molecule has 0 spiro atoms. The SMILES string of the molecule is C#CCOCCOCCOS(=O)(=O)c1ccc(C)cc1.C#CCOCCOCCOc1ccc(I)cc1.NOOSc1ccc(Cn2cc(COCCOCCOc3ccc(I)cc3)nn2)cc1.O=CO[O-].Oc1ccc(I)cc1.[H-].[K+].[K+].[N-]=[N+]=NCc1ccc(SOON)cc1. The molecule has 0 radical (unpaired) electrons. The summed E-state index contributed by atoms with van der Waals surface area (Å²) >= 11 is 8.74. The van der Waals surface area contributed by atoms with E-state index in [0.29, 0.717) is 98.1 Å². The molecule has 0 unspecified atom stereocenters. The average Bonchev–Trinajstić information content (AvgIpc) is 1.05. The number of aromatic nitrogens is 3. The van der Waals surface area contributed by atoms with Gasteiger partial charge in [-0.2, -0.15) is 20.2 Å². The van der Waals surface area contributed by atoms with Gasteiger partial charge in [-0.3, -0.25) is 8.98 Å². The minimum absolute atomic E-state index is 0. The van der Waals surface area contributed by atoms with Crippen LogP contribution in [0.25, 0.3) is 10.4 Å². The molecule has 7 rings (SSSR count). The molecule has 0 saturated carbocycles. The maximum absolute atomic E-state index is 11.8. The van der Waals surface area contributed by atoms with E-state index in [1.165, 1.54) is 19.3 Å². The van der Waals surface area contributed by atoms with Gasteiger partial charge in [-0.1, -0.05) is 64.1 Å². The molecule has 1 aromatic heterocycles. The Bertz CT molecular complexity index is 3310. The molecule has 96 heavy (non-hydrogen) atoms. The Morgan fingerprint density at radius 1 is 0.635 bits per heavy atom. The molecule has 7 aromatic rings. The fourth-order valence-corrected chi connectivity index (χ4v) is 8.92. The zero-order chi connectivity index (χ0) is 68.5. The average molecular weight is 1780 g/mol. The van der Waals surface area contributed by atoms with Crippen LogP contribution in [0.3, 0.4) is 0 Å². The number of aromatic hydroxyl groups is 1.